The Bertz CT molecular complexity index is 396. The lowest BCUT2D eigenvalue weighted by molar-refractivity contribution is 0.204. The molecule has 0 aromatic heterocycles. The molecule has 0 spiro atoms. The van der Waals surface area contributed by atoms with Gasteiger partial charge in [-0.05, 0) is 42.6 Å². The van der Waals surface area contributed by atoms with Gasteiger partial charge in [-0.1, -0.05) is 70.9 Å². The van der Waals surface area contributed by atoms with Crippen molar-refractivity contribution in [1.82, 2.24) is 5.32 Å². The molecule has 1 aromatic carbocycles. The van der Waals surface area contributed by atoms with E-state index < -0.39 is 0 Å². The fraction of sp³-hybridized carbons (Fsp3) is 0.700. The van der Waals surface area contributed by atoms with Crippen molar-refractivity contribution in [3.05, 3.63) is 35.9 Å². The van der Waals surface area contributed by atoms with Crippen LogP contribution >= 0.6 is 0 Å². The van der Waals surface area contributed by atoms with Gasteiger partial charge in [-0.15, -0.1) is 0 Å². The molecule has 1 N–H and O–H groups in total. The summed E-state index contributed by atoms with van der Waals surface area (Å²) < 4.78 is 0. The molecule has 0 radical (unpaired) electrons. The van der Waals surface area contributed by atoms with Gasteiger partial charge in [0, 0.05) is 12.1 Å². The highest BCUT2D eigenvalue weighted by atomic mass is 15.0. The first-order valence-corrected chi connectivity index (χ1v) is 8.81. The minimum atomic E-state index is 0.252. The first-order chi connectivity index (χ1) is 10.0. The molecule has 21 heavy (non-hydrogen) atoms. The lowest BCUT2D eigenvalue weighted by Gasteiger charge is -2.38. The average molecular weight is 287 g/mol. The van der Waals surface area contributed by atoms with Crippen LogP contribution in [0, 0.1) is 11.3 Å². The number of nitrogens with one attached hydrogen (secondary N) is 1. The molecule has 0 amide bonds. The number of benzene rings is 1. The third-order valence-corrected chi connectivity index (χ3v) is 4.94. The van der Waals surface area contributed by atoms with Gasteiger partial charge in [-0.2, -0.15) is 0 Å². The summed E-state index contributed by atoms with van der Waals surface area (Å²) in [5.41, 5.74) is 1.68. The zero-order chi connectivity index (χ0) is 15.3. The lowest BCUT2D eigenvalue weighted by Crippen LogP contribution is -2.41. The molecule has 0 bridgehead atoms. The van der Waals surface area contributed by atoms with E-state index >= 15 is 0 Å². The summed E-state index contributed by atoms with van der Waals surface area (Å²) in [4.78, 5) is 0. The van der Waals surface area contributed by atoms with Gasteiger partial charge in [0.1, 0.15) is 0 Å². The van der Waals surface area contributed by atoms with E-state index in [2.05, 4.69) is 63.3 Å². The van der Waals surface area contributed by atoms with Gasteiger partial charge >= 0.3 is 0 Å². The summed E-state index contributed by atoms with van der Waals surface area (Å²) in [7, 11) is 0. The summed E-state index contributed by atoms with van der Waals surface area (Å²) >= 11 is 0. The first kappa shape index (κ1) is 16.5. The third kappa shape index (κ3) is 4.85. The van der Waals surface area contributed by atoms with Crippen LogP contribution in [0.1, 0.15) is 77.8 Å². The van der Waals surface area contributed by atoms with Gasteiger partial charge in [0.25, 0.3) is 0 Å². The van der Waals surface area contributed by atoms with Crippen LogP contribution in [0.25, 0.3) is 0 Å². The van der Waals surface area contributed by atoms with Crippen molar-refractivity contribution >= 4 is 0 Å². The van der Waals surface area contributed by atoms with Crippen LogP contribution in [0.5, 0.6) is 0 Å². The largest absolute Gasteiger partial charge is 0.307 e. The van der Waals surface area contributed by atoms with E-state index in [1.54, 1.807) is 0 Å². The number of hydrogen-bond acceptors (Lipinski definition) is 1. The Morgan fingerprint density at radius 3 is 2.19 bits per heavy atom. The van der Waals surface area contributed by atoms with E-state index in [-0.39, 0.29) is 5.41 Å². The van der Waals surface area contributed by atoms with Crippen molar-refractivity contribution in [2.24, 2.45) is 11.3 Å². The number of hydrogen-bond donors (Lipinski definition) is 1. The number of rotatable bonds is 5. The van der Waals surface area contributed by atoms with E-state index in [1.807, 2.05) is 0 Å². The summed E-state index contributed by atoms with van der Waals surface area (Å²) in [6, 6.07) is 12.1. The average Bonchev–Trinajstić information content (AvgIpc) is 2.46. The van der Waals surface area contributed by atoms with Crippen LogP contribution < -0.4 is 5.32 Å². The van der Waals surface area contributed by atoms with Crippen LogP contribution in [0.3, 0.4) is 0 Å². The Morgan fingerprint density at radius 2 is 1.67 bits per heavy atom. The van der Waals surface area contributed by atoms with Crippen molar-refractivity contribution in [3.63, 3.8) is 0 Å². The molecule has 1 aliphatic rings. The summed E-state index contributed by atoms with van der Waals surface area (Å²) in [6.45, 7) is 9.36. The van der Waals surface area contributed by atoms with Crippen LogP contribution in [0.2, 0.25) is 0 Å². The molecule has 0 heterocycles. The molecule has 1 aromatic rings. The molecule has 1 aliphatic carbocycles. The smallest absolute Gasteiger partial charge is 0.0371 e. The summed E-state index contributed by atoms with van der Waals surface area (Å²) in [5.74, 6) is 0.984. The molecule has 0 aliphatic heterocycles. The molecular weight excluding hydrogens is 254 g/mol. The molecule has 1 atom stereocenters. The Hall–Kier alpha value is -0.820. The second-order valence-electron chi connectivity index (χ2n) is 7.88. The molecule has 2 rings (SSSR count). The standard InChI is InChI=1S/C20H33N/c1-5-9-16-12-14-18(15-13-16)21-19(20(2,3)4)17-10-7-6-8-11-17/h6-8,10-11,16,18-19,21H,5,9,12-15H2,1-4H3. The minimum absolute atomic E-state index is 0.252. The van der Waals surface area contributed by atoms with Crippen LogP contribution in [-0.4, -0.2) is 6.04 Å². The van der Waals surface area contributed by atoms with Crippen molar-refractivity contribution in [3.8, 4) is 0 Å². The molecule has 1 saturated carbocycles. The summed E-state index contributed by atoms with van der Waals surface area (Å²) in [6.07, 6.45) is 8.30. The maximum Gasteiger partial charge on any atom is 0.0371 e. The Kier molecular flexibility index (Phi) is 5.87. The highest BCUT2D eigenvalue weighted by molar-refractivity contribution is 5.21. The zero-order valence-electron chi connectivity index (χ0n) is 14.4. The van der Waals surface area contributed by atoms with Gasteiger partial charge in [0.2, 0.25) is 0 Å². The molecule has 1 nitrogen and oxygen atoms in total. The van der Waals surface area contributed by atoms with Crippen molar-refractivity contribution in [2.45, 2.75) is 78.3 Å². The topological polar surface area (TPSA) is 12.0 Å². The van der Waals surface area contributed by atoms with Crippen LogP contribution in [0.15, 0.2) is 30.3 Å². The van der Waals surface area contributed by atoms with Crippen LogP contribution in [-0.2, 0) is 0 Å². The van der Waals surface area contributed by atoms with E-state index in [0.717, 1.165) is 5.92 Å². The normalized spacial score (nSPS) is 24.8. The first-order valence-electron chi connectivity index (χ1n) is 8.81. The van der Waals surface area contributed by atoms with Gasteiger partial charge < -0.3 is 5.32 Å². The van der Waals surface area contributed by atoms with Gasteiger partial charge in [0.05, 0.1) is 0 Å². The zero-order valence-corrected chi connectivity index (χ0v) is 14.4. The molecule has 1 heteroatoms. The highest BCUT2D eigenvalue weighted by Crippen LogP contribution is 2.35. The Morgan fingerprint density at radius 1 is 1.05 bits per heavy atom. The van der Waals surface area contributed by atoms with Crippen LogP contribution in [0.4, 0.5) is 0 Å². The Balaban J connectivity index is 1.98. The predicted octanol–water partition coefficient (Wildman–Crippen LogP) is 5.72. The minimum Gasteiger partial charge on any atom is -0.307 e. The predicted molar refractivity (Wildman–Crippen MR) is 92.4 cm³/mol. The summed E-state index contributed by atoms with van der Waals surface area (Å²) in [5, 5.41) is 3.97. The van der Waals surface area contributed by atoms with Gasteiger partial charge in [-0.25, -0.2) is 0 Å². The van der Waals surface area contributed by atoms with Gasteiger partial charge in [-0.3, -0.25) is 0 Å². The SMILES string of the molecule is CCCC1CCC(NC(c2ccccc2)C(C)(C)C)CC1. The fourth-order valence-corrected chi connectivity index (χ4v) is 3.75. The highest BCUT2D eigenvalue weighted by Gasteiger charge is 2.30. The monoisotopic (exact) mass is 287 g/mol. The quantitative estimate of drug-likeness (QED) is 0.730. The third-order valence-electron chi connectivity index (χ3n) is 4.94. The second-order valence-corrected chi connectivity index (χ2v) is 7.88. The van der Waals surface area contributed by atoms with E-state index in [9.17, 15) is 0 Å². The molecule has 1 fully saturated rings. The Labute approximate surface area is 131 Å². The maximum absolute atomic E-state index is 3.97. The molecule has 1 unspecified atom stereocenters. The fourth-order valence-electron chi connectivity index (χ4n) is 3.75. The van der Waals surface area contributed by atoms with Crippen molar-refractivity contribution in [1.29, 1.82) is 0 Å². The van der Waals surface area contributed by atoms with Crippen molar-refractivity contribution < 1.29 is 0 Å². The van der Waals surface area contributed by atoms with E-state index in [4.69, 9.17) is 0 Å². The van der Waals surface area contributed by atoms with Crippen molar-refractivity contribution in [2.75, 3.05) is 0 Å². The molecular formula is C20H33N. The second kappa shape index (κ2) is 7.45. The molecule has 118 valence electrons. The maximum atomic E-state index is 3.97. The van der Waals surface area contributed by atoms with E-state index in [1.165, 1.54) is 44.1 Å². The molecule has 0 saturated heterocycles. The lowest BCUT2D eigenvalue weighted by atomic mass is 9.79. The van der Waals surface area contributed by atoms with Gasteiger partial charge in [0.15, 0.2) is 0 Å². The van der Waals surface area contributed by atoms with E-state index in [0.29, 0.717) is 12.1 Å².